The number of carbonyl (C=O) groups is 2. The first-order chi connectivity index (χ1) is 15.4. The summed E-state index contributed by atoms with van der Waals surface area (Å²) in [6.07, 6.45) is 13.6. The van der Waals surface area contributed by atoms with Crippen LogP contribution in [0.25, 0.3) is 0 Å². The Labute approximate surface area is 248 Å². The molecule has 7 nitrogen and oxygen atoms in total. The van der Waals surface area contributed by atoms with E-state index in [1.807, 2.05) is 0 Å². The average molecular weight is 470 g/mol. The molecule has 0 heterocycles. The predicted octanol–water partition coefficient (Wildman–Crippen LogP) is -6.21. The summed E-state index contributed by atoms with van der Waals surface area (Å²) in [5.41, 5.74) is 0.586. The van der Waals surface area contributed by atoms with E-state index in [4.69, 9.17) is 24.5 Å². The van der Waals surface area contributed by atoms with Gasteiger partial charge in [0.1, 0.15) is 0 Å². The van der Waals surface area contributed by atoms with E-state index in [1.54, 1.807) is 24.3 Å². The van der Waals surface area contributed by atoms with Gasteiger partial charge >= 0.3 is 68.5 Å². The van der Waals surface area contributed by atoms with Crippen LogP contribution >= 0.6 is 0 Å². The number of unbranched alkanes of at least 4 members (excludes halogenated alkanes) is 10. The Bertz CT molecular complexity index is 571. The average Bonchev–Trinajstić information content (AvgIpc) is 2.77. The van der Waals surface area contributed by atoms with E-state index in [0.29, 0.717) is 24.3 Å². The van der Waals surface area contributed by atoms with Crippen LogP contribution in [0.4, 0.5) is 0 Å². The molecule has 0 amide bonds. The van der Waals surface area contributed by atoms with E-state index in [9.17, 15) is 9.59 Å². The summed E-state index contributed by atoms with van der Waals surface area (Å²) >= 11 is 0. The second-order valence-corrected chi connectivity index (χ2v) is 7.64. The van der Waals surface area contributed by atoms with Crippen molar-refractivity contribution in [3.63, 3.8) is 0 Å². The molecule has 0 aliphatic heterocycles. The molecule has 0 N–H and O–H groups in total. The van der Waals surface area contributed by atoms with Gasteiger partial charge in [0.25, 0.3) is 0 Å². The van der Waals surface area contributed by atoms with E-state index in [-0.39, 0.29) is 56.6 Å². The van der Waals surface area contributed by atoms with Gasteiger partial charge in [0.15, 0.2) is 0 Å². The maximum absolute atomic E-state index is 12.4. The van der Waals surface area contributed by atoms with Crippen molar-refractivity contribution in [3.8, 4) is 0 Å². The summed E-state index contributed by atoms with van der Waals surface area (Å²) in [5.74, 6) is -0.888. The van der Waals surface area contributed by atoms with Gasteiger partial charge in [-0.2, -0.15) is 0 Å². The van der Waals surface area contributed by atoms with E-state index in [2.05, 4.69) is 13.8 Å². The second kappa shape index (κ2) is 30.1. The first-order valence-electron chi connectivity index (χ1n) is 11.8. The van der Waals surface area contributed by atoms with Gasteiger partial charge in [-0.25, -0.2) is 9.59 Å². The second-order valence-electron chi connectivity index (χ2n) is 7.64. The van der Waals surface area contributed by atoms with Gasteiger partial charge in [0, 0.05) is 0 Å². The van der Waals surface area contributed by atoms with E-state index in [1.165, 1.54) is 51.4 Å². The monoisotopic (exact) mass is 470 g/mol. The topological polar surface area (TPSA) is 122 Å². The maximum atomic E-state index is 12.4. The zero-order chi connectivity index (χ0) is 24.0. The van der Waals surface area contributed by atoms with Gasteiger partial charge in [-0.1, -0.05) is 90.2 Å². The van der Waals surface area contributed by atoms with Crippen molar-refractivity contribution in [2.75, 3.05) is 13.2 Å². The van der Waals surface area contributed by atoms with Crippen LogP contribution in [0, 0.1) is 0 Å². The Kier molecular flexibility index (Phi) is 36.2. The van der Waals surface area contributed by atoms with Gasteiger partial charge in [-0.05, 0) is 25.0 Å². The van der Waals surface area contributed by atoms with Crippen LogP contribution in [0.5, 0.6) is 0 Å². The molecule has 0 aliphatic carbocycles. The summed E-state index contributed by atoms with van der Waals surface area (Å²) < 4.78 is 10.7. The molecule has 0 aliphatic rings. The Morgan fingerprint density at radius 3 is 1.23 bits per heavy atom. The van der Waals surface area contributed by atoms with Crippen LogP contribution in [0.1, 0.15) is 112 Å². The molecule has 0 bridgehead atoms. The minimum Gasteiger partial charge on any atom is -0.907 e. The molecular weight excluding hydrogens is 432 g/mol. The van der Waals surface area contributed by atoms with E-state index in [0.717, 1.165) is 25.7 Å². The van der Waals surface area contributed by atoms with Crippen molar-refractivity contribution in [1.29, 1.82) is 0 Å². The zero-order valence-corrected chi connectivity index (χ0v) is 22.6. The molecule has 0 atom stereocenters. The summed E-state index contributed by atoms with van der Waals surface area (Å²) in [6.45, 7) is 5.17. The minimum atomic E-state index is -2.92. The van der Waals surface area contributed by atoms with E-state index < -0.39 is 19.3 Å². The Morgan fingerprint density at radius 2 is 0.914 bits per heavy atom. The molecule has 35 heavy (non-hydrogen) atoms. The Hall–Kier alpha value is -0.103. The zero-order valence-electron chi connectivity index (χ0n) is 22.6. The molecule has 0 fully saturated rings. The number of hydrogen-bond donors (Lipinski definition) is 0. The molecule has 0 unspecified atom stereocenters. The SMILES string of the molecule is CCCCCCCCOC(=O)c1ccccc1C(=O)OCCCCCCCC.[Li+].[Li+].[Li+].[O-]B([O-])[O-]. The third-order valence-corrected chi connectivity index (χ3v) is 4.83. The smallest absolute Gasteiger partial charge is 0.907 e. The van der Waals surface area contributed by atoms with Gasteiger partial charge in [-0.15, -0.1) is 0 Å². The number of carbonyl (C=O) groups excluding carboxylic acids is 2. The first-order valence-corrected chi connectivity index (χ1v) is 11.8. The molecule has 1 rings (SSSR count). The van der Waals surface area contributed by atoms with Gasteiger partial charge in [0.2, 0.25) is 0 Å². The molecule has 0 spiro atoms. The van der Waals surface area contributed by atoms with Crippen molar-refractivity contribution < 1.29 is 90.7 Å². The minimum absolute atomic E-state index is 0. The fourth-order valence-electron chi connectivity index (χ4n) is 3.09. The number of ether oxygens (including phenoxy) is 2. The normalized spacial score (nSPS) is 9.29. The van der Waals surface area contributed by atoms with Crippen LogP contribution < -0.4 is 71.7 Å². The van der Waals surface area contributed by atoms with Crippen molar-refractivity contribution in [2.45, 2.75) is 90.9 Å². The Morgan fingerprint density at radius 1 is 0.629 bits per heavy atom. The largest absolute Gasteiger partial charge is 1.00 e. The Balaban J connectivity index is -0.000000635. The van der Waals surface area contributed by atoms with Gasteiger partial charge in [0.05, 0.1) is 24.3 Å². The standard InChI is InChI=1S/C24H38O4.BO3.3Li/c1-3-5-7-9-11-15-19-27-23(25)21-17-13-14-18-22(21)24(26)28-20-16-12-10-8-6-4-2;2-1(3)4;;;/h13-14,17-18H,3-12,15-16,19-20H2,1-2H3;;;;/q;-3;3*+1. The van der Waals surface area contributed by atoms with Crippen LogP contribution in [-0.4, -0.2) is 32.5 Å². The fraction of sp³-hybridized carbons (Fsp3) is 0.667. The molecular formula is C24H38BLi3O7. The molecule has 1 aromatic carbocycles. The van der Waals surface area contributed by atoms with Crippen LogP contribution in [0.3, 0.4) is 0 Å². The van der Waals surface area contributed by atoms with Crippen molar-refractivity contribution in [3.05, 3.63) is 35.4 Å². The van der Waals surface area contributed by atoms with E-state index >= 15 is 0 Å². The number of hydrogen-bond acceptors (Lipinski definition) is 7. The predicted molar refractivity (Wildman–Crippen MR) is 120 cm³/mol. The van der Waals surface area contributed by atoms with Crippen LogP contribution in [0.2, 0.25) is 0 Å². The third-order valence-electron chi connectivity index (χ3n) is 4.83. The third kappa shape index (κ3) is 25.3. The number of rotatable bonds is 16. The van der Waals surface area contributed by atoms with Crippen molar-refractivity contribution >= 4 is 19.3 Å². The summed E-state index contributed by atoms with van der Waals surface area (Å²) in [7, 11) is -2.92. The van der Waals surface area contributed by atoms with Crippen molar-refractivity contribution in [1.82, 2.24) is 0 Å². The summed E-state index contributed by atoms with van der Waals surface area (Å²) in [4.78, 5) is 24.7. The van der Waals surface area contributed by atoms with Gasteiger partial charge < -0.3 is 24.5 Å². The molecule has 11 heteroatoms. The quantitative estimate of drug-likeness (QED) is 0.134. The molecule has 0 radical (unpaired) electrons. The molecule has 0 saturated heterocycles. The summed E-state index contributed by atoms with van der Waals surface area (Å²) in [6, 6.07) is 6.74. The summed E-state index contributed by atoms with van der Waals surface area (Å²) in [5, 5.41) is 25.2. The molecule has 0 saturated carbocycles. The number of esters is 2. The van der Waals surface area contributed by atoms with Gasteiger partial charge in [-0.3, -0.25) is 7.32 Å². The molecule has 1 aromatic rings. The van der Waals surface area contributed by atoms with Crippen LogP contribution in [0.15, 0.2) is 24.3 Å². The fourth-order valence-corrected chi connectivity index (χ4v) is 3.09. The molecule has 182 valence electrons. The first kappa shape index (κ1) is 42.0. The van der Waals surface area contributed by atoms with Crippen molar-refractivity contribution in [2.24, 2.45) is 0 Å². The maximum Gasteiger partial charge on any atom is 1.00 e. The number of benzene rings is 1. The van der Waals surface area contributed by atoms with Crippen LogP contribution in [-0.2, 0) is 9.47 Å². The molecule has 0 aromatic heterocycles.